The van der Waals surface area contributed by atoms with Gasteiger partial charge in [0.05, 0.1) is 17.2 Å². The van der Waals surface area contributed by atoms with E-state index in [1.807, 2.05) is 19.3 Å². The molecule has 134 valence electrons. The molecular weight excluding hydrogens is 394 g/mol. The molecule has 0 radical (unpaired) electrons. The average molecular weight is 414 g/mol. The minimum Gasteiger partial charge on any atom is -0.305 e. The van der Waals surface area contributed by atoms with Gasteiger partial charge in [0, 0.05) is 30.6 Å². The molecule has 1 N–H and O–H groups in total. The number of carbonyl (C=O) groups is 1. The monoisotopic (exact) mass is 413 g/mol. The van der Waals surface area contributed by atoms with Crippen LogP contribution in [0.5, 0.6) is 0 Å². The Bertz CT molecular complexity index is 924. The van der Waals surface area contributed by atoms with E-state index in [-0.39, 0.29) is 5.91 Å². The molecule has 7 heteroatoms. The van der Waals surface area contributed by atoms with E-state index >= 15 is 0 Å². The molecule has 0 saturated heterocycles. The zero-order chi connectivity index (χ0) is 18.5. The van der Waals surface area contributed by atoms with Crippen molar-refractivity contribution in [2.24, 2.45) is 0 Å². The summed E-state index contributed by atoms with van der Waals surface area (Å²) < 4.78 is 4.34. The number of nitrogens with zero attached hydrogens (tertiary/aromatic N) is 4. The van der Waals surface area contributed by atoms with E-state index < -0.39 is 0 Å². The van der Waals surface area contributed by atoms with Gasteiger partial charge in [0.25, 0.3) is 0 Å². The van der Waals surface area contributed by atoms with E-state index in [9.17, 15) is 4.79 Å². The number of hydrogen-bond acceptors (Lipinski definition) is 3. The third kappa shape index (κ3) is 4.70. The molecule has 1 aromatic carbocycles. The zero-order valence-electron chi connectivity index (χ0n) is 14.7. The fraction of sp³-hybridized carbons (Fsp3) is 0.211. The summed E-state index contributed by atoms with van der Waals surface area (Å²) in [7, 11) is 0. The van der Waals surface area contributed by atoms with Crippen LogP contribution in [0, 0.1) is 6.92 Å². The van der Waals surface area contributed by atoms with Crippen LogP contribution in [0.1, 0.15) is 23.6 Å². The van der Waals surface area contributed by atoms with Crippen molar-refractivity contribution < 1.29 is 4.79 Å². The SMILES string of the molecule is CCn1cc(/C=C/C(=O)Nc2nn(Cc3ccc(C)cc3)cc2Br)cn1. The standard InChI is InChI=1S/C19H20BrN5O/c1-3-24-12-16(10-21-24)8-9-18(26)22-19-17(20)13-25(23-19)11-15-6-4-14(2)5-7-15/h4-10,12-13H,3,11H2,1-2H3,(H,22,23,26)/b9-8+. The Hall–Kier alpha value is -2.67. The van der Waals surface area contributed by atoms with Gasteiger partial charge in [-0.15, -0.1) is 0 Å². The van der Waals surface area contributed by atoms with Gasteiger partial charge in [-0.25, -0.2) is 0 Å². The van der Waals surface area contributed by atoms with Crippen LogP contribution in [0.15, 0.2) is 53.4 Å². The highest BCUT2D eigenvalue weighted by molar-refractivity contribution is 9.10. The molecule has 3 rings (SSSR count). The van der Waals surface area contributed by atoms with Gasteiger partial charge in [0.2, 0.25) is 5.91 Å². The van der Waals surface area contributed by atoms with Gasteiger partial charge in [-0.2, -0.15) is 10.2 Å². The van der Waals surface area contributed by atoms with E-state index in [1.165, 1.54) is 11.6 Å². The number of nitrogens with one attached hydrogen (secondary N) is 1. The van der Waals surface area contributed by atoms with Crippen LogP contribution in [-0.2, 0) is 17.9 Å². The lowest BCUT2D eigenvalue weighted by Crippen LogP contribution is -2.09. The second kappa shape index (κ2) is 8.14. The number of hydrogen-bond donors (Lipinski definition) is 1. The predicted octanol–water partition coefficient (Wildman–Crippen LogP) is 3.87. The maximum Gasteiger partial charge on any atom is 0.249 e. The fourth-order valence-electron chi connectivity index (χ4n) is 2.41. The largest absolute Gasteiger partial charge is 0.305 e. The molecule has 0 aliphatic carbocycles. The molecular formula is C19H20BrN5O. The lowest BCUT2D eigenvalue weighted by atomic mass is 10.1. The molecule has 6 nitrogen and oxygen atoms in total. The highest BCUT2D eigenvalue weighted by Crippen LogP contribution is 2.21. The van der Waals surface area contributed by atoms with E-state index in [1.54, 1.807) is 21.6 Å². The first kappa shape index (κ1) is 18.1. The summed E-state index contributed by atoms with van der Waals surface area (Å²) in [6.45, 7) is 5.51. The predicted molar refractivity (Wildman–Crippen MR) is 106 cm³/mol. The van der Waals surface area contributed by atoms with Gasteiger partial charge < -0.3 is 5.32 Å². The van der Waals surface area contributed by atoms with Crippen molar-refractivity contribution in [3.63, 3.8) is 0 Å². The third-order valence-corrected chi connectivity index (χ3v) is 4.41. The molecule has 0 aliphatic heterocycles. The molecule has 0 aliphatic rings. The Balaban J connectivity index is 1.63. The zero-order valence-corrected chi connectivity index (χ0v) is 16.3. The first-order chi connectivity index (χ1) is 12.5. The smallest absolute Gasteiger partial charge is 0.249 e. The number of aryl methyl sites for hydroxylation is 2. The summed E-state index contributed by atoms with van der Waals surface area (Å²) in [6, 6.07) is 8.29. The van der Waals surface area contributed by atoms with Crippen molar-refractivity contribution >= 4 is 33.7 Å². The summed E-state index contributed by atoms with van der Waals surface area (Å²) in [5, 5.41) is 11.4. The summed E-state index contributed by atoms with van der Waals surface area (Å²) in [5.41, 5.74) is 3.25. The highest BCUT2D eigenvalue weighted by atomic mass is 79.9. The normalized spacial score (nSPS) is 11.2. The minimum atomic E-state index is -0.240. The first-order valence-corrected chi connectivity index (χ1v) is 9.13. The van der Waals surface area contributed by atoms with Crippen LogP contribution in [0.25, 0.3) is 6.08 Å². The maximum absolute atomic E-state index is 12.1. The highest BCUT2D eigenvalue weighted by Gasteiger charge is 2.09. The number of anilines is 1. The molecule has 1 amide bonds. The number of halogens is 1. The van der Waals surface area contributed by atoms with E-state index in [0.29, 0.717) is 12.4 Å². The Morgan fingerprint density at radius 1 is 1.23 bits per heavy atom. The van der Waals surface area contributed by atoms with Crippen LogP contribution >= 0.6 is 15.9 Å². The van der Waals surface area contributed by atoms with Gasteiger partial charge in [-0.3, -0.25) is 14.2 Å². The molecule has 2 aromatic heterocycles. The summed E-state index contributed by atoms with van der Waals surface area (Å²) in [6.07, 6.45) is 8.66. The third-order valence-electron chi connectivity index (χ3n) is 3.83. The summed E-state index contributed by atoms with van der Waals surface area (Å²) >= 11 is 3.44. The Morgan fingerprint density at radius 3 is 2.69 bits per heavy atom. The molecule has 0 bridgehead atoms. The fourth-order valence-corrected chi connectivity index (χ4v) is 2.83. The second-order valence-corrected chi connectivity index (χ2v) is 6.82. The van der Waals surface area contributed by atoms with Crippen molar-refractivity contribution in [3.8, 4) is 0 Å². The number of carbonyl (C=O) groups excluding carboxylic acids is 1. The first-order valence-electron chi connectivity index (χ1n) is 8.33. The number of benzene rings is 1. The van der Waals surface area contributed by atoms with Crippen molar-refractivity contribution in [2.75, 3.05) is 5.32 Å². The second-order valence-electron chi connectivity index (χ2n) is 5.96. The van der Waals surface area contributed by atoms with Crippen molar-refractivity contribution in [2.45, 2.75) is 26.9 Å². The van der Waals surface area contributed by atoms with Gasteiger partial charge in [0.15, 0.2) is 5.82 Å². The Morgan fingerprint density at radius 2 is 2.00 bits per heavy atom. The van der Waals surface area contributed by atoms with Crippen molar-refractivity contribution in [1.29, 1.82) is 0 Å². The lowest BCUT2D eigenvalue weighted by molar-refractivity contribution is -0.111. The number of rotatable bonds is 6. The van der Waals surface area contributed by atoms with Crippen LogP contribution in [0.4, 0.5) is 5.82 Å². The van der Waals surface area contributed by atoms with Crippen LogP contribution in [0.2, 0.25) is 0 Å². The van der Waals surface area contributed by atoms with Crippen molar-refractivity contribution in [3.05, 3.63) is 70.1 Å². The molecule has 3 aromatic rings. The average Bonchev–Trinajstić information content (AvgIpc) is 3.22. The van der Waals surface area contributed by atoms with Gasteiger partial charge >= 0.3 is 0 Å². The molecule has 0 spiro atoms. The van der Waals surface area contributed by atoms with Crippen LogP contribution in [0.3, 0.4) is 0 Å². The van der Waals surface area contributed by atoms with Crippen molar-refractivity contribution in [1.82, 2.24) is 19.6 Å². The summed E-state index contributed by atoms with van der Waals surface area (Å²) in [4.78, 5) is 12.1. The molecule has 0 unspecified atom stereocenters. The molecule has 0 saturated carbocycles. The Kier molecular flexibility index (Phi) is 5.68. The maximum atomic E-state index is 12.1. The number of amides is 1. The minimum absolute atomic E-state index is 0.240. The van der Waals surface area contributed by atoms with E-state index in [4.69, 9.17) is 0 Å². The van der Waals surface area contributed by atoms with Gasteiger partial charge in [0.1, 0.15) is 0 Å². The van der Waals surface area contributed by atoms with Crippen LogP contribution in [-0.4, -0.2) is 25.5 Å². The quantitative estimate of drug-likeness (QED) is 0.623. The lowest BCUT2D eigenvalue weighted by Gasteiger charge is -2.02. The molecule has 0 fully saturated rings. The van der Waals surface area contributed by atoms with E-state index in [0.717, 1.165) is 22.1 Å². The van der Waals surface area contributed by atoms with E-state index in [2.05, 4.69) is 62.6 Å². The Labute approximate surface area is 160 Å². The molecule has 26 heavy (non-hydrogen) atoms. The number of aromatic nitrogens is 4. The summed E-state index contributed by atoms with van der Waals surface area (Å²) in [5.74, 6) is 0.256. The van der Waals surface area contributed by atoms with Gasteiger partial charge in [-0.05, 0) is 41.4 Å². The van der Waals surface area contributed by atoms with Crippen LogP contribution < -0.4 is 5.32 Å². The van der Waals surface area contributed by atoms with Gasteiger partial charge in [-0.1, -0.05) is 29.8 Å². The topological polar surface area (TPSA) is 64.7 Å². The molecule has 0 atom stereocenters. The molecule has 2 heterocycles.